The lowest BCUT2D eigenvalue weighted by Gasteiger charge is -2.31. The molecule has 1 aliphatic carbocycles. The number of esters is 1. The summed E-state index contributed by atoms with van der Waals surface area (Å²) in [5.41, 5.74) is 3.36. The highest BCUT2D eigenvalue weighted by atomic mass is 19.1. The number of nitrogens with one attached hydrogen (secondary N) is 1. The van der Waals surface area contributed by atoms with E-state index in [-0.39, 0.29) is 11.7 Å². The molecule has 0 spiro atoms. The maximum absolute atomic E-state index is 13.4. The molecule has 2 aromatic carbocycles. The third-order valence-electron chi connectivity index (χ3n) is 6.13. The predicted octanol–water partition coefficient (Wildman–Crippen LogP) is 3.88. The van der Waals surface area contributed by atoms with Crippen molar-refractivity contribution in [3.05, 3.63) is 76.6 Å². The third kappa shape index (κ3) is 4.39. The van der Waals surface area contributed by atoms with Crippen LogP contribution in [0.25, 0.3) is 0 Å². The number of rotatable bonds is 7. The molecule has 2 aliphatic rings. The van der Waals surface area contributed by atoms with Crippen molar-refractivity contribution in [2.24, 2.45) is 0 Å². The number of nitrogens with zero attached hydrogens (tertiary/aromatic N) is 1. The minimum atomic E-state index is -0.780. The van der Waals surface area contributed by atoms with E-state index in [4.69, 9.17) is 9.47 Å². The van der Waals surface area contributed by atoms with Crippen molar-refractivity contribution >= 4 is 11.9 Å². The Morgan fingerprint density at radius 2 is 1.91 bits per heavy atom. The van der Waals surface area contributed by atoms with Gasteiger partial charge in [-0.25, -0.2) is 9.18 Å². The van der Waals surface area contributed by atoms with Crippen molar-refractivity contribution in [1.29, 1.82) is 0 Å². The van der Waals surface area contributed by atoms with E-state index < -0.39 is 18.2 Å². The molecule has 2 atom stereocenters. The zero-order valence-electron chi connectivity index (χ0n) is 18.3. The smallest absolute Gasteiger partial charge is 0.327 e. The Balaban J connectivity index is 1.68. The molecule has 0 saturated carbocycles. The molecule has 6 nitrogen and oxygen atoms in total. The second-order valence-electron chi connectivity index (χ2n) is 8.07. The van der Waals surface area contributed by atoms with Crippen LogP contribution >= 0.6 is 0 Å². The van der Waals surface area contributed by atoms with E-state index in [1.165, 1.54) is 19.2 Å². The Morgan fingerprint density at radius 1 is 1.16 bits per heavy atom. The summed E-state index contributed by atoms with van der Waals surface area (Å²) in [4.78, 5) is 27.8. The molecule has 1 N–H and O–H groups in total. The lowest BCUT2D eigenvalue weighted by molar-refractivity contribution is -0.144. The van der Waals surface area contributed by atoms with E-state index in [2.05, 4.69) is 5.32 Å². The Labute approximate surface area is 187 Å². The molecular formula is C25H27FN2O4. The Kier molecular flexibility index (Phi) is 6.55. The van der Waals surface area contributed by atoms with Gasteiger partial charge in [0.05, 0.1) is 14.2 Å². The fourth-order valence-corrected chi connectivity index (χ4v) is 4.49. The van der Waals surface area contributed by atoms with Gasteiger partial charge < -0.3 is 14.4 Å². The lowest BCUT2D eigenvalue weighted by Crippen LogP contribution is -2.48. The lowest BCUT2D eigenvalue weighted by atomic mass is 9.92. The number of hydrogen-bond acceptors (Lipinski definition) is 5. The first-order chi connectivity index (χ1) is 15.5. The second-order valence-corrected chi connectivity index (χ2v) is 8.07. The average Bonchev–Trinajstić information content (AvgIpc) is 3.09. The Hall–Kier alpha value is -3.19. The molecule has 1 amide bonds. The van der Waals surface area contributed by atoms with Crippen LogP contribution in [0.1, 0.15) is 42.9 Å². The summed E-state index contributed by atoms with van der Waals surface area (Å²) in [6.45, 7) is 0.315. The van der Waals surface area contributed by atoms with Crippen LogP contribution in [-0.2, 0) is 20.9 Å². The molecule has 7 heteroatoms. The number of benzene rings is 2. The quantitative estimate of drug-likeness (QED) is 0.665. The maximum Gasteiger partial charge on any atom is 0.327 e. The number of halogens is 1. The van der Waals surface area contributed by atoms with E-state index in [0.717, 1.165) is 42.4 Å². The summed E-state index contributed by atoms with van der Waals surface area (Å²) < 4.78 is 23.8. The zero-order valence-corrected chi connectivity index (χ0v) is 18.3. The average molecular weight is 438 g/mol. The number of methoxy groups -OCH3 is 2. The van der Waals surface area contributed by atoms with Gasteiger partial charge in [-0.3, -0.25) is 10.1 Å². The van der Waals surface area contributed by atoms with Gasteiger partial charge in [0, 0.05) is 12.1 Å². The third-order valence-corrected chi connectivity index (χ3v) is 6.13. The molecule has 2 unspecified atom stereocenters. The maximum atomic E-state index is 13.4. The van der Waals surface area contributed by atoms with E-state index in [1.807, 2.05) is 12.1 Å². The number of amides is 1. The van der Waals surface area contributed by atoms with Crippen LogP contribution in [0.15, 0.2) is 59.7 Å². The largest absolute Gasteiger partial charge is 0.497 e. The van der Waals surface area contributed by atoms with E-state index >= 15 is 0 Å². The van der Waals surface area contributed by atoms with Crippen molar-refractivity contribution in [2.45, 2.75) is 44.4 Å². The minimum absolute atomic E-state index is 0.0317. The van der Waals surface area contributed by atoms with Gasteiger partial charge in [-0.2, -0.15) is 0 Å². The fraction of sp³-hybridized carbons (Fsp3) is 0.360. The van der Waals surface area contributed by atoms with Gasteiger partial charge in [-0.15, -0.1) is 0 Å². The monoisotopic (exact) mass is 438 g/mol. The molecule has 0 aromatic heterocycles. The van der Waals surface area contributed by atoms with Crippen molar-refractivity contribution in [3.8, 4) is 5.75 Å². The van der Waals surface area contributed by atoms with Crippen LogP contribution in [-0.4, -0.2) is 37.2 Å². The van der Waals surface area contributed by atoms with Gasteiger partial charge in [0.15, 0.2) is 0 Å². The number of carbonyl (C=O) groups excluding carboxylic acids is 2. The standard InChI is InChI=1S/C25H27FN2O4/c1-31-19-7-5-6-17(14-19)22(25(30)32-2)27-23-20-8-3-4-9-21(20)24(29)28(23)15-16-10-12-18(26)13-11-16/h5-7,10-14,22-23,27H,3-4,8-9,15H2,1-2H3. The highest BCUT2D eigenvalue weighted by Gasteiger charge is 2.41. The van der Waals surface area contributed by atoms with Crippen molar-refractivity contribution < 1.29 is 23.5 Å². The second kappa shape index (κ2) is 9.53. The molecule has 0 saturated heterocycles. The van der Waals surface area contributed by atoms with Crippen molar-refractivity contribution in [3.63, 3.8) is 0 Å². The minimum Gasteiger partial charge on any atom is -0.497 e. The molecule has 0 bridgehead atoms. The van der Waals surface area contributed by atoms with Gasteiger partial charge >= 0.3 is 5.97 Å². The van der Waals surface area contributed by atoms with E-state index in [1.54, 1.807) is 36.3 Å². The Bertz CT molecular complexity index is 1030. The molecule has 4 rings (SSSR count). The first kappa shape index (κ1) is 22.0. The van der Waals surface area contributed by atoms with Crippen molar-refractivity contribution in [1.82, 2.24) is 10.2 Å². The van der Waals surface area contributed by atoms with Crippen LogP contribution < -0.4 is 10.1 Å². The SMILES string of the molecule is COC(=O)C(NC1C2=C(CCCC2)C(=O)N1Cc1ccc(F)cc1)c1cccc(OC)c1. The first-order valence-corrected chi connectivity index (χ1v) is 10.8. The highest BCUT2D eigenvalue weighted by Crippen LogP contribution is 2.37. The fourth-order valence-electron chi connectivity index (χ4n) is 4.49. The van der Waals surface area contributed by atoms with Gasteiger partial charge in [-0.05, 0) is 66.6 Å². The summed E-state index contributed by atoms with van der Waals surface area (Å²) in [5.74, 6) is -0.174. The van der Waals surface area contributed by atoms with E-state index in [9.17, 15) is 14.0 Å². The summed E-state index contributed by atoms with van der Waals surface area (Å²) in [6.07, 6.45) is 3.05. The van der Waals surface area contributed by atoms with Crippen LogP contribution in [0, 0.1) is 5.82 Å². The van der Waals surface area contributed by atoms with Crippen LogP contribution in [0.5, 0.6) is 5.75 Å². The summed E-state index contributed by atoms with van der Waals surface area (Å²) in [7, 11) is 2.91. The summed E-state index contributed by atoms with van der Waals surface area (Å²) in [6, 6.07) is 12.6. The van der Waals surface area contributed by atoms with Crippen LogP contribution in [0.4, 0.5) is 4.39 Å². The molecule has 1 aliphatic heterocycles. The molecule has 1 heterocycles. The van der Waals surface area contributed by atoms with Crippen LogP contribution in [0.3, 0.4) is 0 Å². The molecule has 32 heavy (non-hydrogen) atoms. The van der Waals surface area contributed by atoms with Gasteiger partial charge in [-0.1, -0.05) is 24.3 Å². The number of hydrogen-bond donors (Lipinski definition) is 1. The summed E-state index contributed by atoms with van der Waals surface area (Å²) in [5, 5.41) is 3.39. The predicted molar refractivity (Wildman–Crippen MR) is 117 cm³/mol. The highest BCUT2D eigenvalue weighted by molar-refractivity contribution is 5.98. The molecule has 0 fully saturated rings. The topological polar surface area (TPSA) is 67.9 Å². The first-order valence-electron chi connectivity index (χ1n) is 10.8. The Morgan fingerprint density at radius 3 is 2.62 bits per heavy atom. The van der Waals surface area contributed by atoms with Gasteiger partial charge in [0.1, 0.15) is 23.8 Å². The molecular weight excluding hydrogens is 411 g/mol. The normalized spacial score (nSPS) is 19.0. The summed E-state index contributed by atoms with van der Waals surface area (Å²) >= 11 is 0. The number of carbonyl (C=O) groups is 2. The zero-order chi connectivity index (χ0) is 22.7. The van der Waals surface area contributed by atoms with Gasteiger partial charge in [0.2, 0.25) is 0 Å². The molecule has 2 aromatic rings. The van der Waals surface area contributed by atoms with E-state index in [0.29, 0.717) is 17.9 Å². The number of ether oxygens (including phenoxy) is 2. The van der Waals surface area contributed by atoms with Crippen LogP contribution in [0.2, 0.25) is 0 Å². The van der Waals surface area contributed by atoms with Gasteiger partial charge in [0.25, 0.3) is 5.91 Å². The van der Waals surface area contributed by atoms with Crippen molar-refractivity contribution in [2.75, 3.05) is 14.2 Å². The molecule has 0 radical (unpaired) electrons. The molecule has 168 valence electrons.